The largest absolute Gasteiger partial charge is 0.477 e. The number of hydrogen-bond donors (Lipinski definition) is 0. The predicted molar refractivity (Wildman–Crippen MR) is 138 cm³/mol. The van der Waals surface area contributed by atoms with Gasteiger partial charge in [0.25, 0.3) is 5.56 Å². The first-order valence-electron chi connectivity index (χ1n) is 11.7. The third kappa shape index (κ3) is 3.09. The Balaban J connectivity index is 1.86. The zero-order chi connectivity index (χ0) is 25.3. The van der Waals surface area contributed by atoms with E-state index in [1.54, 1.807) is 19.2 Å². The fourth-order valence-corrected chi connectivity index (χ4v) is 5.12. The summed E-state index contributed by atoms with van der Waals surface area (Å²) in [5.41, 5.74) is 5.51. The summed E-state index contributed by atoms with van der Waals surface area (Å²) < 4.78 is 25.0. The SMILES string of the molecule is Cc1ccc(-c2c3c(=O)n(C)c(=O)n(C)c3c3n2-c2cc(C)ccc2O[C@@H]3c2ccc(F)cc2)cc1. The van der Waals surface area contributed by atoms with Crippen LogP contribution in [0.4, 0.5) is 4.39 Å². The molecular formula is C29H24FN3O3. The summed E-state index contributed by atoms with van der Waals surface area (Å²) in [5, 5.41) is 0.434. The molecule has 1 aliphatic rings. The van der Waals surface area contributed by atoms with Gasteiger partial charge in [-0.15, -0.1) is 0 Å². The topological polar surface area (TPSA) is 58.2 Å². The van der Waals surface area contributed by atoms with Crippen LogP contribution in [0.1, 0.15) is 28.5 Å². The first kappa shape index (κ1) is 22.1. The molecule has 36 heavy (non-hydrogen) atoms. The summed E-state index contributed by atoms with van der Waals surface area (Å²) in [6.45, 7) is 4.00. The molecule has 1 aliphatic heterocycles. The highest BCUT2D eigenvalue weighted by Gasteiger charge is 2.36. The van der Waals surface area contributed by atoms with Crippen LogP contribution in [0.2, 0.25) is 0 Å². The molecule has 180 valence electrons. The summed E-state index contributed by atoms with van der Waals surface area (Å²) in [5.74, 6) is 0.283. The minimum absolute atomic E-state index is 0.354. The second-order valence-electron chi connectivity index (χ2n) is 9.39. The standard InChI is InChI=1S/C29H24FN3O3/c1-16-5-8-18(9-6-16)24-23-25(31(3)29(35)32(4)28(23)34)26-27(19-10-12-20(30)13-11-19)36-22-14-7-17(2)15-21(22)33(24)26/h5-15,27H,1-4H3/t27-/m1/s1. The number of aryl methyl sites for hydroxylation is 3. The van der Waals surface area contributed by atoms with Crippen LogP contribution in [0.3, 0.4) is 0 Å². The summed E-state index contributed by atoms with van der Waals surface area (Å²) in [6, 6.07) is 20.0. The van der Waals surface area contributed by atoms with Crippen LogP contribution in [0.25, 0.3) is 27.8 Å². The second kappa shape index (κ2) is 7.81. The lowest BCUT2D eigenvalue weighted by molar-refractivity contribution is 0.229. The van der Waals surface area contributed by atoms with E-state index < -0.39 is 11.8 Å². The van der Waals surface area contributed by atoms with Crippen molar-refractivity contribution in [3.8, 4) is 22.7 Å². The fourth-order valence-electron chi connectivity index (χ4n) is 5.12. The first-order chi connectivity index (χ1) is 17.3. The quantitative estimate of drug-likeness (QED) is 0.359. The molecule has 7 heteroatoms. The zero-order valence-corrected chi connectivity index (χ0v) is 20.4. The minimum atomic E-state index is -0.666. The average Bonchev–Trinajstić information content (AvgIpc) is 3.23. The van der Waals surface area contributed by atoms with Gasteiger partial charge in [-0.05, 0) is 54.8 Å². The number of ether oxygens (including phenoxy) is 1. The van der Waals surface area contributed by atoms with E-state index in [0.717, 1.165) is 26.9 Å². The van der Waals surface area contributed by atoms with Crippen LogP contribution in [-0.2, 0) is 14.1 Å². The molecule has 1 atom stereocenters. The van der Waals surface area contributed by atoms with E-state index in [-0.39, 0.29) is 11.4 Å². The molecule has 0 radical (unpaired) electrons. The van der Waals surface area contributed by atoms with Crippen LogP contribution >= 0.6 is 0 Å². The predicted octanol–water partition coefficient (Wildman–Crippen LogP) is 4.93. The van der Waals surface area contributed by atoms with E-state index in [2.05, 4.69) is 0 Å². The van der Waals surface area contributed by atoms with Gasteiger partial charge >= 0.3 is 5.69 Å². The fraction of sp³-hybridized carbons (Fsp3) is 0.172. The summed E-state index contributed by atoms with van der Waals surface area (Å²) >= 11 is 0. The average molecular weight is 482 g/mol. The van der Waals surface area contributed by atoms with Crippen molar-refractivity contribution in [1.82, 2.24) is 13.7 Å². The van der Waals surface area contributed by atoms with Gasteiger partial charge in [0.1, 0.15) is 11.6 Å². The molecule has 0 amide bonds. The molecule has 0 saturated carbocycles. The molecule has 0 saturated heterocycles. The normalized spacial score (nSPS) is 14.4. The molecule has 6 rings (SSSR count). The van der Waals surface area contributed by atoms with Gasteiger partial charge in [-0.2, -0.15) is 0 Å². The maximum absolute atomic E-state index is 13.8. The summed E-state index contributed by atoms with van der Waals surface area (Å²) in [4.78, 5) is 26.8. The first-order valence-corrected chi connectivity index (χ1v) is 11.7. The Hall–Kier alpha value is -4.39. The third-order valence-corrected chi connectivity index (χ3v) is 6.95. The third-order valence-electron chi connectivity index (χ3n) is 6.95. The van der Waals surface area contributed by atoms with E-state index >= 15 is 0 Å². The summed E-state index contributed by atoms with van der Waals surface area (Å²) in [7, 11) is 3.16. The van der Waals surface area contributed by atoms with Crippen LogP contribution < -0.4 is 16.0 Å². The molecule has 0 aliphatic carbocycles. The number of rotatable bonds is 2. The zero-order valence-electron chi connectivity index (χ0n) is 20.4. The maximum Gasteiger partial charge on any atom is 0.331 e. The Morgan fingerprint density at radius 3 is 2.19 bits per heavy atom. The molecule has 3 aromatic carbocycles. The van der Waals surface area contributed by atoms with Gasteiger partial charge in [0.2, 0.25) is 0 Å². The molecule has 3 heterocycles. The number of aromatic nitrogens is 3. The molecule has 0 fully saturated rings. The van der Waals surface area contributed by atoms with E-state index in [0.29, 0.717) is 33.6 Å². The lowest BCUT2D eigenvalue weighted by Crippen LogP contribution is -2.37. The Bertz CT molecular complexity index is 1790. The second-order valence-corrected chi connectivity index (χ2v) is 9.39. The molecule has 0 unspecified atom stereocenters. The van der Waals surface area contributed by atoms with Crippen molar-refractivity contribution >= 4 is 10.9 Å². The lowest BCUT2D eigenvalue weighted by atomic mass is 10.0. The number of fused-ring (bicyclic) bond motifs is 5. The molecule has 5 aromatic rings. The van der Waals surface area contributed by atoms with Gasteiger partial charge in [0.05, 0.1) is 28.0 Å². The van der Waals surface area contributed by atoms with Crippen LogP contribution in [-0.4, -0.2) is 13.7 Å². The highest BCUT2D eigenvalue weighted by atomic mass is 19.1. The highest BCUT2D eigenvalue weighted by molar-refractivity contribution is 5.98. The molecule has 2 aromatic heterocycles. The van der Waals surface area contributed by atoms with E-state index in [1.807, 2.05) is 60.9 Å². The van der Waals surface area contributed by atoms with Gasteiger partial charge in [-0.25, -0.2) is 9.18 Å². The van der Waals surface area contributed by atoms with Gasteiger partial charge in [-0.3, -0.25) is 13.9 Å². The minimum Gasteiger partial charge on any atom is -0.477 e. The van der Waals surface area contributed by atoms with Gasteiger partial charge < -0.3 is 9.30 Å². The van der Waals surface area contributed by atoms with E-state index in [1.165, 1.54) is 23.7 Å². The summed E-state index contributed by atoms with van der Waals surface area (Å²) in [6.07, 6.45) is -0.666. The highest BCUT2D eigenvalue weighted by Crippen LogP contribution is 2.46. The molecule has 0 spiro atoms. The van der Waals surface area contributed by atoms with Crippen molar-refractivity contribution in [3.05, 3.63) is 116 Å². The lowest BCUT2D eigenvalue weighted by Gasteiger charge is -2.30. The van der Waals surface area contributed by atoms with Crippen LogP contribution in [0.15, 0.2) is 76.3 Å². The number of benzene rings is 3. The van der Waals surface area contributed by atoms with Crippen molar-refractivity contribution in [2.24, 2.45) is 14.1 Å². The Kier molecular flexibility index (Phi) is 4.80. The number of halogens is 1. The monoisotopic (exact) mass is 481 g/mol. The number of hydrogen-bond acceptors (Lipinski definition) is 3. The van der Waals surface area contributed by atoms with Crippen molar-refractivity contribution in [1.29, 1.82) is 0 Å². The molecule has 6 nitrogen and oxygen atoms in total. The molecule has 0 bridgehead atoms. The number of nitrogens with zero attached hydrogens (tertiary/aromatic N) is 3. The van der Waals surface area contributed by atoms with Crippen LogP contribution in [0, 0.1) is 19.7 Å². The van der Waals surface area contributed by atoms with E-state index in [4.69, 9.17) is 4.74 Å². The van der Waals surface area contributed by atoms with Crippen molar-refractivity contribution < 1.29 is 9.13 Å². The van der Waals surface area contributed by atoms with Gasteiger partial charge in [0, 0.05) is 14.1 Å². The Labute approximate surface area is 206 Å². The van der Waals surface area contributed by atoms with Crippen molar-refractivity contribution in [3.63, 3.8) is 0 Å². The van der Waals surface area contributed by atoms with Gasteiger partial charge in [-0.1, -0.05) is 48.0 Å². The molecule has 0 N–H and O–H groups in total. The Morgan fingerprint density at radius 2 is 1.50 bits per heavy atom. The van der Waals surface area contributed by atoms with Crippen molar-refractivity contribution in [2.75, 3.05) is 0 Å². The Morgan fingerprint density at radius 1 is 0.833 bits per heavy atom. The van der Waals surface area contributed by atoms with Crippen molar-refractivity contribution in [2.45, 2.75) is 20.0 Å². The maximum atomic E-state index is 13.8. The smallest absolute Gasteiger partial charge is 0.331 e. The van der Waals surface area contributed by atoms with Crippen LogP contribution in [0.5, 0.6) is 5.75 Å². The van der Waals surface area contributed by atoms with Gasteiger partial charge in [0.15, 0.2) is 6.10 Å². The molecular weight excluding hydrogens is 457 g/mol. The van der Waals surface area contributed by atoms with E-state index in [9.17, 15) is 14.0 Å².